The lowest BCUT2D eigenvalue weighted by atomic mass is 10.1. The first-order valence-corrected chi connectivity index (χ1v) is 7.65. The first-order valence-electron chi connectivity index (χ1n) is 6.71. The molecule has 0 aromatic carbocycles. The molecule has 17 heavy (non-hydrogen) atoms. The Bertz CT molecular complexity index is 308. The minimum Gasteiger partial charge on any atom is -0.314 e. The van der Waals surface area contributed by atoms with Crippen LogP contribution in [0, 0.1) is 5.92 Å². The van der Waals surface area contributed by atoms with Crippen molar-refractivity contribution in [1.29, 1.82) is 0 Å². The summed E-state index contributed by atoms with van der Waals surface area (Å²) in [5, 5.41) is 8.00. The molecule has 96 valence electrons. The van der Waals surface area contributed by atoms with Gasteiger partial charge in [-0.05, 0) is 54.2 Å². The Balaban J connectivity index is 1.64. The fourth-order valence-electron chi connectivity index (χ4n) is 2.41. The number of nitrogens with one attached hydrogen (secondary N) is 1. The van der Waals surface area contributed by atoms with Crippen molar-refractivity contribution >= 4 is 11.3 Å². The second-order valence-corrected chi connectivity index (χ2v) is 6.18. The molecule has 2 rings (SSSR count). The van der Waals surface area contributed by atoms with E-state index in [-0.39, 0.29) is 0 Å². The van der Waals surface area contributed by atoms with Crippen molar-refractivity contribution in [2.24, 2.45) is 5.92 Å². The third-order valence-corrected chi connectivity index (χ3v) is 4.21. The predicted octanol–water partition coefficient (Wildman–Crippen LogP) is 2.61. The topological polar surface area (TPSA) is 15.3 Å². The standard InChI is InChI=1S/C14H24N2S/c1-12(2)15-9-14-4-7-16(10-14)6-3-13-5-8-17-11-13/h5,8,11-12,14-15H,3-4,6-7,9-10H2,1-2H3. The first kappa shape index (κ1) is 13.1. The molecule has 1 saturated heterocycles. The Hall–Kier alpha value is -0.380. The smallest absolute Gasteiger partial charge is 0.00224 e. The number of hydrogen-bond donors (Lipinski definition) is 1. The van der Waals surface area contributed by atoms with E-state index in [1.807, 2.05) is 0 Å². The fourth-order valence-corrected chi connectivity index (χ4v) is 3.11. The first-order chi connectivity index (χ1) is 8.24. The summed E-state index contributed by atoms with van der Waals surface area (Å²) in [4.78, 5) is 2.62. The average Bonchev–Trinajstić information content (AvgIpc) is 2.95. The molecule has 2 heterocycles. The molecule has 0 saturated carbocycles. The van der Waals surface area contributed by atoms with Gasteiger partial charge in [-0.1, -0.05) is 13.8 Å². The zero-order chi connectivity index (χ0) is 12.1. The van der Waals surface area contributed by atoms with Crippen molar-refractivity contribution in [3.8, 4) is 0 Å². The van der Waals surface area contributed by atoms with Gasteiger partial charge in [-0.25, -0.2) is 0 Å². The van der Waals surface area contributed by atoms with Gasteiger partial charge in [0.05, 0.1) is 0 Å². The van der Waals surface area contributed by atoms with Gasteiger partial charge in [0, 0.05) is 19.1 Å². The van der Waals surface area contributed by atoms with Crippen LogP contribution in [0.5, 0.6) is 0 Å². The van der Waals surface area contributed by atoms with E-state index in [2.05, 4.69) is 40.9 Å². The van der Waals surface area contributed by atoms with Crippen LogP contribution >= 0.6 is 11.3 Å². The lowest BCUT2D eigenvalue weighted by Crippen LogP contribution is -2.31. The summed E-state index contributed by atoms with van der Waals surface area (Å²) in [6.45, 7) is 9.44. The fraction of sp³-hybridized carbons (Fsp3) is 0.714. The van der Waals surface area contributed by atoms with Crippen LogP contribution in [0.25, 0.3) is 0 Å². The van der Waals surface area contributed by atoms with Crippen LogP contribution in [0.2, 0.25) is 0 Å². The third kappa shape index (κ3) is 4.41. The van der Waals surface area contributed by atoms with Crippen LogP contribution in [-0.2, 0) is 6.42 Å². The molecule has 0 bridgehead atoms. The molecular weight excluding hydrogens is 228 g/mol. The second-order valence-electron chi connectivity index (χ2n) is 5.40. The Morgan fingerprint density at radius 3 is 3.12 bits per heavy atom. The highest BCUT2D eigenvalue weighted by molar-refractivity contribution is 7.07. The average molecular weight is 252 g/mol. The molecule has 1 fully saturated rings. The molecule has 0 radical (unpaired) electrons. The molecule has 0 amide bonds. The Labute approximate surface area is 109 Å². The molecule has 1 aromatic rings. The molecule has 2 nitrogen and oxygen atoms in total. The number of rotatable bonds is 6. The molecule has 1 aliphatic rings. The van der Waals surface area contributed by atoms with Crippen molar-refractivity contribution in [2.45, 2.75) is 32.7 Å². The summed E-state index contributed by atoms with van der Waals surface area (Å²) in [6.07, 6.45) is 2.58. The Kier molecular flexibility index (Phi) is 5.01. The van der Waals surface area contributed by atoms with Crippen molar-refractivity contribution in [2.75, 3.05) is 26.2 Å². The van der Waals surface area contributed by atoms with Gasteiger partial charge < -0.3 is 10.2 Å². The molecule has 3 heteroatoms. The molecule has 1 atom stereocenters. The van der Waals surface area contributed by atoms with E-state index in [9.17, 15) is 0 Å². The van der Waals surface area contributed by atoms with Gasteiger partial charge in [0.2, 0.25) is 0 Å². The highest BCUT2D eigenvalue weighted by atomic mass is 32.1. The largest absolute Gasteiger partial charge is 0.314 e. The van der Waals surface area contributed by atoms with Crippen LogP contribution < -0.4 is 5.32 Å². The molecule has 1 aliphatic heterocycles. The second kappa shape index (κ2) is 6.53. The summed E-state index contributed by atoms with van der Waals surface area (Å²) >= 11 is 1.81. The highest BCUT2D eigenvalue weighted by Gasteiger charge is 2.21. The van der Waals surface area contributed by atoms with E-state index in [0.717, 1.165) is 5.92 Å². The summed E-state index contributed by atoms with van der Waals surface area (Å²) in [7, 11) is 0. The molecular formula is C14H24N2S. The molecule has 1 N–H and O–H groups in total. The van der Waals surface area contributed by atoms with E-state index in [4.69, 9.17) is 0 Å². The minimum atomic E-state index is 0.620. The third-order valence-electron chi connectivity index (χ3n) is 3.48. The minimum absolute atomic E-state index is 0.620. The molecule has 0 spiro atoms. The summed E-state index contributed by atoms with van der Waals surface area (Å²) in [5.41, 5.74) is 1.50. The van der Waals surface area contributed by atoms with Gasteiger partial charge >= 0.3 is 0 Å². The SMILES string of the molecule is CC(C)NCC1CCN(CCc2ccsc2)C1. The normalized spacial score (nSPS) is 21.5. The van der Waals surface area contributed by atoms with E-state index >= 15 is 0 Å². The predicted molar refractivity (Wildman–Crippen MR) is 75.7 cm³/mol. The highest BCUT2D eigenvalue weighted by Crippen LogP contribution is 2.16. The maximum Gasteiger partial charge on any atom is 0.00224 e. The summed E-state index contributed by atoms with van der Waals surface area (Å²) in [6, 6.07) is 2.87. The summed E-state index contributed by atoms with van der Waals surface area (Å²) in [5.74, 6) is 0.861. The van der Waals surface area contributed by atoms with Gasteiger partial charge in [0.25, 0.3) is 0 Å². The van der Waals surface area contributed by atoms with Crippen LogP contribution in [-0.4, -0.2) is 37.1 Å². The van der Waals surface area contributed by atoms with Gasteiger partial charge in [0.15, 0.2) is 0 Å². The zero-order valence-corrected chi connectivity index (χ0v) is 11.8. The zero-order valence-electron chi connectivity index (χ0n) is 11.0. The maximum atomic E-state index is 3.55. The summed E-state index contributed by atoms with van der Waals surface area (Å²) < 4.78 is 0. The molecule has 1 aromatic heterocycles. The van der Waals surface area contributed by atoms with Crippen molar-refractivity contribution in [3.05, 3.63) is 22.4 Å². The number of hydrogen-bond acceptors (Lipinski definition) is 3. The van der Waals surface area contributed by atoms with E-state index in [1.54, 1.807) is 11.3 Å². The Morgan fingerprint density at radius 1 is 1.53 bits per heavy atom. The number of nitrogens with zero attached hydrogens (tertiary/aromatic N) is 1. The van der Waals surface area contributed by atoms with Crippen LogP contribution in [0.15, 0.2) is 16.8 Å². The van der Waals surface area contributed by atoms with Crippen LogP contribution in [0.1, 0.15) is 25.8 Å². The number of likely N-dealkylation sites (tertiary alicyclic amines) is 1. The van der Waals surface area contributed by atoms with Gasteiger partial charge in [-0.3, -0.25) is 0 Å². The van der Waals surface area contributed by atoms with Gasteiger partial charge in [-0.2, -0.15) is 11.3 Å². The van der Waals surface area contributed by atoms with E-state index < -0.39 is 0 Å². The molecule has 1 unspecified atom stereocenters. The van der Waals surface area contributed by atoms with Crippen LogP contribution in [0.3, 0.4) is 0 Å². The quantitative estimate of drug-likeness (QED) is 0.837. The van der Waals surface area contributed by atoms with E-state index in [0.29, 0.717) is 6.04 Å². The van der Waals surface area contributed by atoms with Crippen molar-refractivity contribution in [1.82, 2.24) is 10.2 Å². The lowest BCUT2D eigenvalue weighted by Gasteiger charge is -2.16. The molecule has 0 aliphatic carbocycles. The van der Waals surface area contributed by atoms with Gasteiger partial charge in [-0.15, -0.1) is 0 Å². The number of thiophene rings is 1. The monoisotopic (exact) mass is 252 g/mol. The maximum absolute atomic E-state index is 3.55. The van der Waals surface area contributed by atoms with Crippen molar-refractivity contribution in [3.63, 3.8) is 0 Å². The van der Waals surface area contributed by atoms with Gasteiger partial charge in [0.1, 0.15) is 0 Å². The Morgan fingerprint density at radius 2 is 2.41 bits per heavy atom. The van der Waals surface area contributed by atoms with E-state index in [1.165, 1.54) is 44.6 Å². The van der Waals surface area contributed by atoms with Crippen LogP contribution in [0.4, 0.5) is 0 Å². The van der Waals surface area contributed by atoms with Crippen molar-refractivity contribution < 1.29 is 0 Å². The lowest BCUT2D eigenvalue weighted by molar-refractivity contribution is 0.324.